The predicted molar refractivity (Wildman–Crippen MR) is 172 cm³/mol. The van der Waals surface area contributed by atoms with Crippen molar-refractivity contribution in [2.45, 2.75) is 57.0 Å². The number of aryl methyl sites for hydroxylation is 2. The molecule has 1 saturated heterocycles. The second-order valence-electron chi connectivity index (χ2n) is 11.0. The average molecular weight is 638 g/mol. The molecule has 1 fully saturated rings. The van der Waals surface area contributed by atoms with E-state index >= 15 is 0 Å². The van der Waals surface area contributed by atoms with Crippen LogP contribution < -0.4 is 4.57 Å². The molecule has 0 bridgehead atoms. The fourth-order valence-electron chi connectivity index (χ4n) is 6.09. The molecule has 3 aromatic carbocycles. The fraction of sp³-hybridized carbons (Fsp3) is 0.344. The van der Waals surface area contributed by atoms with E-state index in [-0.39, 0.29) is 6.42 Å². The molecule has 8 nitrogen and oxygen atoms in total. The molecular formula is C32H35N3O5S3. The minimum Gasteiger partial charge on any atom is -0.748 e. The van der Waals surface area contributed by atoms with Crippen molar-refractivity contribution in [2.75, 3.05) is 18.8 Å². The lowest BCUT2D eigenvalue weighted by atomic mass is 10.1. The lowest BCUT2D eigenvalue weighted by molar-refractivity contribution is -0.669. The SMILES string of the molecule is CCn1c2ccccc2c2cc(/C=C/c3sc4cc(S(=O)(=O)N5CCCCC5)ccc4[n+]3CCCCS(=O)(=O)[O-])ccc21. The van der Waals surface area contributed by atoms with E-state index in [1.807, 2.05) is 12.1 Å². The second-order valence-corrected chi connectivity index (χ2v) is 15.6. The number of para-hydroxylation sites is 1. The van der Waals surface area contributed by atoms with Crippen LogP contribution in [0.15, 0.2) is 65.6 Å². The molecule has 1 aliphatic rings. The maximum Gasteiger partial charge on any atom is 0.262 e. The van der Waals surface area contributed by atoms with E-state index in [0.29, 0.717) is 31.0 Å². The third-order valence-electron chi connectivity index (χ3n) is 8.21. The Bertz CT molecular complexity index is 2050. The van der Waals surface area contributed by atoms with Crippen LogP contribution in [0.5, 0.6) is 0 Å². The minimum absolute atomic E-state index is 0.263. The van der Waals surface area contributed by atoms with Crippen molar-refractivity contribution in [3.05, 3.63) is 71.2 Å². The van der Waals surface area contributed by atoms with E-state index in [1.54, 1.807) is 16.4 Å². The van der Waals surface area contributed by atoms with E-state index in [9.17, 15) is 21.4 Å². The number of hydrogen-bond donors (Lipinski definition) is 0. The van der Waals surface area contributed by atoms with Gasteiger partial charge in [-0.15, -0.1) is 0 Å². The van der Waals surface area contributed by atoms with E-state index in [2.05, 4.69) is 64.6 Å². The lowest BCUT2D eigenvalue weighted by Crippen LogP contribution is -2.36. The summed E-state index contributed by atoms with van der Waals surface area (Å²) in [5.41, 5.74) is 4.32. The standard InChI is InChI=1S/C32H35N3O5S3/c1-2-34-28-11-5-4-10-26(28)27-22-24(12-15-29(27)34)13-17-32-35(20-8-9-21-42(36,37)38)30-16-14-25(23-31(30)41-32)43(39,40)33-18-6-3-7-19-33/h4-5,10-17,22-23H,2-3,6-9,18-21H2,1H3. The highest BCUT2D eigenvalue weighted by atomic mass is 32.2. The topological polar surface area (TPSA) is 103 Å². The van der Waals surface area contributed by atoms with Crippen molar-refractivity contribution in [1.82, 2.24) is 8.87 Å². The van der Waals surface area contributed by atoms with Crippen molar-refractivity contribution >= 4 is 75.7 Å². The van der Waals surface area contributed by atoms with Crippen LogP contribution in [0.2, 0.25) is 0 Å². The van der Waals surface area contributed by atoms with Gasteiger partial charge in [0, 0.05) is 65.8 Å². The van der Waals surface area contributed by atoms with E-state index in [1.165, 1.54) is 33.1 Å². The molecular weight excluding hydrogens is 603 g/mol. The monoisotopic (exact) mass is 637 g/mol. The molecule has 43 heavy (non-hydrogen) atoms. The normalized spacial score (nSPS) is 15.4. The van der Waals surface area contributed by atoms with Crippen LogP contribution in [0.25, 0.3) is 44.2 Å². The zero-order chi connectivity index (χ0) is 30.2. The number of sulfonamides is 1. The van der Waals surface area contributed by atoms with Crippen LogP contribution in [0.4, 0.5) is 0 Å². The summed E-state index contributed by atoms with van der Waals surface area (Å²) in [5.74, 6) is -0.398. The van der Waals surface area contributed by atoms with Gasteiger partial charge in [0.15, 0.2) is 6.54 Å². The van der Waals surface area contributed by atoms with Crippen LogP contribution in [0, 0.1) is 0 Å². The molecule has 0 N–H and O–H groups in total. The van der Waals surface area contributed by atoms with Gasteiger partial charge in [0.2, 0.25) is 15.5 Å². The Labute approximate surface area is 256 Å². The quantitative estimate of drug-likeness (QED) is 0.106. The van der Waals surface area contributed by atoms with Gasteiger partial charge in [-0.05, 0) is 68.2 Å². The molecule has 5 aromatic rings. The number of unbranched alkanes of at least 4 members (excludes halogenated alkanes) is 1. The van der Waals surface area contributed by atoms with Crippen molar-refractivity contribution < 1.29 is 26.0 Å². The van der Waals surface area contributed by atoms with Gasteiger partial charge in [0.05, 0.1) is 15.0 Å². The number of thiazole rings is 1. The third-order valence-corrected chi connectivity index (χ3v) is 12.0. The Morgan fingerprint density at radius 2 is 1.65 bits per heavy atom. The molecule has 0 spiro atoms. The predicted octanol–water partition coefficient (Wildman–Crippen LogP) is 5.99. The van der Waals surface area contributed by atoms with Crippen molar-refractivity contribution in [3.8, 4) is 0 Å². The molecule has 3 heterocycles. The summed E-state index contributed by atoms with van der Waals surface area (Å²) >= 11 is 1.51. The van der Waals surface area contributed by atoms with E-state index in [0.717, 1.165) is 46.6 Å². The van der Waals surface area contributed by atoms with Gasteiger partial charge < -0.3 is 9.12 Å². The Balaban J connectivity index is 1.37. The van der Waals surface area contributed by atoms with Gasteiger partial charge in [0.25, 0.3) is 5.01 Å². The number of aromatic nitrogens is 2. The molecule has 0 atom stereocenters. The summed E-state index contributed by atoms with van der Waals surface area (Å²) in [6, 6.07) is 20.1. The molecule has 1 aliphatic heterocycles. The second kappa shape index (κ2) is 12.1. The average Bonchev–Trinajstić information content (AvgIpc) is 3.52. The summed E-state index contributed by atoms with van der Waals surface area (Å²) in [6.45, 7) is 4.63. The highest BCUT2D eigenvalue weighted by Gasteiger charge is 2.28. The maximum absolute atomic E-state index is 13.4. The first-order valence-corrected chi connectivity index (χ1v) is 18.6. The number of piperidine rings is 1. The summed E-state index contributed by atoms with van der Waals surface area (Å²) in [7, 11) is -7.85. The maximum atomic E-state index is 13.4. The summed E-state index contributed by atoms with van der Waals surface area (Å²) in [6.07, 6.45) is 7.67. The Morgan fingerprint density at radius 3 is 2.42 bits per heavy atom. The third kappa shape index (κ3) is 6.14. The zero-order valence-corrected chi connectivity index (χ0v) is 26.6. The van der Waals surface area contributed by atoms with Crippen molar-refractivity contribution in [2.24, 2.45) is 0 Å². The number of nitrogens with zero attached hydrogens (tertiary/aromatic N) is 3. The summed E-state index contributed by atoms with van der Waals surface area (Å²) in [5, 5.41) is 3.32. The van der Waals surface area contributed by atoms with Crippen molar-refractivity contribution in [1.29, 1.82) is 0 Å². The minimum atomic E-state index is -4.27. The Kier molecular flexibility index (Phi) is 8.45. The highest BCUT2D eigenvalue weighted by molar-refractivity contribution is 7.89. The van der Waals surface area contributed by atoms with Gasteiger partial charge in [-0.2, -0.15) is 8.87 Å². The molecule has 0 amide bonds. The Hall–Kier alpha value is -3.09. The molecule has 0 aliphatic carbocycles. The van der Waals surface area contributed by atoms with Gasteiger partial charge in [-0.1, -0.05) is 42.0 Å². The zero-order valence-electron chi connectivity index (χ0n) is 24.1. The first-order valence-electron chi connectivity index (χ1n) is 14.7. The molecule has 11 heteroatoms. The number of fused-ring (bicyclic) bond motifs is 4. The van der Waals surface area contributed by atoms with Crippen LogP contribution in [-0.4, -0.2) is 49.1 Å². The largest absolute Gasteiger partial charge is 0.748 e. The van der Waals surface area contributed by atoms with Crippen LogP contribution >= 0.6 is 11.3 Å². The summed E-state index contributed by atoms with van der Waals surface area (Å²) in [4.78, 5) is 0.293. The number of rotatable bonds is 10. The first-order chi connectivity index (χ1) is 20.7. The van der Waals surface area contributed by atoms with Gasteiger partial charge in [-0.3, -0.25) is 0 Å². The number of benzene rings is 3. The fourth-order valence-corrected chi connectivity index (χ4v) is 9.39. The molecule has 0 radical (unpaired) electrons. The van der Waals surface area contributed by atoms with Gasteiger partial charge in [0.1, 0.15) is 4.70 Å². The molecule has 0 saturated carbocycles. The first kappa shape index (κ1) is 30.0. The highest BCUT2D eigenvalue weighted by Crippen LogP contribution is 2.31. The van der Waals surface area contributed by atoms with E-state index < -0.39 is 25.9 Å². The summed E-state index contributed by atoms with van der Waals surface area (Å²) < 4.78 is 67.1. The van der Waals surface area contributed by atoms with Crippen LogP contribution in [-0.2, 0) is 33.2 Å². The molecule has 2 aromatic heterocycles. The lowest BCUT2D eigenvalue weighted by Gasteiger charge is -2.25. The van der Waals surface area contributed by atoms with Gasteiger partial charge >= 0.3 is 0 Å². The Morgan fingerprint density at radius 1 is 0.884 bits per heavy atom. The van der Waals surface area contributed by atoms with Crippen LogP contribution in [0.1, 0.15) is 49.6 Å². The smallest absolute Gasteiger partial charge is 0.262 e. The molecule has 0 unspecified atom stereocenters. The van der Waals surface area contributed by atoms with Crippen molar-refractivity contribution in [3.63, 3.8) is 0 Å². The number of hydrogen-bond acceptors (Lipinski definition) is 6. The molecule has 226 valence electrons. The van der Waals surface area contributed by atoms with E-state index in [4.69, 9.17) is 0 Å². The van der Waals surface area contributed by atoms with Gasteiger partial charge in [-0.25, -0.2) is 16.8 Å². The molecule has 6 rings (SSSR count). The van der Waals surface area contributed by atoms with Crippen LogP contribution in [0.3, 0.4) is 0 Å².